The highest BCUT2D eigenvalue weighted by atomic mass is 16.4. The van der Waals surface area contributed by atoms with Crippen LogP contribution in [0.15, 0.2) is 0 Å². The second kappa shape index (κ2) is 19.2. The van der Waals surface area contributed by atoms with Crippen LogP contribution in [0.4, 0.5) is 0 Å². The minimum Gasteiger partial charge on any atom is -0.481 e. The third-order valence-electron chi connectivity index (χ3n) is 5.13. The highest BCUT2D eigenvalue weighted by Crippen LogP contribution is 2.15. The smallest absolute Gasteiger partial charge is 0.305 e. The number of rotatable bonds is 20. The molecule has 0 aromatic heterocycles. The van der Waals surface area contributed by atoms with Crippen molar-refractivity contribution in [2.24, 2.45) is 0 Å². The van der Waals surface area contributed by atoms with E-state index in [1.807, 2.05) is 0 Å². The van der Waals surface area contributed by atoms with E-state index >= 15 is 0 Å². The topological polar surface area (TPSA) is 77.8 Å². The van der Waals surface area contributed by atoms with Crippen molar-refractivity contribution in [3.05, 3.63) is 0 Å². The van der Waals surface area contributed by atoms with E-state index in [0.29, 0.717) is 6.42 Å². The summed E-state index contributed by atoms with van der Waals surface area (Å²) < 4.78 is 0. The predicted molar refractivity (Wildman–Crippen MR) is 108 cm³/mol. The third-order valence-corrected chi connectivity index (χ3v) is 5.13. The Morgan fingerprint density at radius 1 is 0.615 bits per heavy atom. The Balaban J connectivity index is 3.24. The summed E-state index contributed by atoms with van der Waals surface area (Å²) in [4.78, 5) is 10.4. The number of unbranched alkanes of at least 4 members (excludes halogenated alkanes) is 12. The maximum Gasteiger partial charge on any atom is 0.305 e. The molecular formula is C22H44O4. The van der Waals surface area contributed by atoms with Gasteiger partial charge in [-0.05, 0) is 19.3 Å². The fraction of sp³-hybridized carbons (Fsp3) is 0.955. The molecule has 0 rings (SSSR count). The van der Waals surface area contributed by atoms with Crippen LogP contribution < -0.4 is 0 Å². The van der Waals surface area contributed by atoms with Crippen LogP contribution in [0.1, 0.15) is 122 Å². The maximum absolute atomic E-state index is 10.4. The van der Waals surface area contributed by atoms with Crippen LogP contribution in [0.25, 0.3) is 0 Å². The lowest BCUT2D eigenvalue weighted by atomic mass is 10.0. The van der Waals surface area contributed by atoms with Crippen molar-refractivity contribution >= 4 is 5.97 Å². The minimum atomic E-state index is -0.954. The summed E-state index contributed by atoms with van der Waals surface area (Å²) in [5, 5.41) is 28.0. The van der Waals surface area contributed by atoms with Crippen molar-refractivity contribution in [2.45, 2.75) is 135 Å². The van der Waals surface area contributed by atoms with Crippen LogP contribution in [-0.2, 0) is 4.79 Å². The molecule has 0 bridgehead atoms. The van der Waals surface area contributed by atoms with Crippen LogP contribution in [0, 0.1) is 0 Å². The normalized spacial score (nSPS) is 13.7. The Morgan fingerprint density at radius 2 is 0.962 bits per heavy atom. The summed E-state index contributed by atoms with van der Waals surface area (Å²) in [5.74, 6) is -0.954. The van der Waals surface area contributed by atoms with E-state index in [0.717, 1.165) is 32.1 Å². The fourth-order valence-electron chi connectivity index (χ4n) is 3.43. The van der Waals surface area contributed by atoms with Gasteiger partial charge in [0.15, 0.2) is 0 Å². The molecule has 0 heterocycles. The highest BCUT2D eigenvalue weighted by molar-refractivity contribution is 5.67. The van der Waals surface area contributed by atoms with Gasteiger partial charge in [0.1, 0.15) is 0 Å². The molecule has 2 unspecified atom stereocenters. The average molecular weight is 373 g/mol. The lowest BCUT2D eigenvalue weighted by Gasteiger charge is -2.11. The molecular weight excluding hydrogens is 328 g/mol. The van der Waals surface area contributed by atoms with Crippen molar-refractivity contribution in [1.82, 2.24) is 0 Å². The Hall–Kier alpha value is -0.610. The Morgan fingerprint density at radius 3 is 1.38 bits per heavy atom. The van der Waals surface area contributed by atoms with Gasteiger partial charge in [0.25, 0.3) is 0 Å². The lowest BCUT2D eigenvalue weighted by Crippen LogP contribution is -2.13. The lowest BCUT2D eigenvalue weighted by molar-refractivity contribution is -0.139. The number of hydrogen-bond acceptors (Lipinski definition) is 3. The van der Waals surface area contributed by atoms with Gasteiger partial charge >= 0.3 is 5.97 Å². The zero-order valence-electron chi connectivity index (χ0n) is 17.1. The zero-order chi connectivity index (χ0) is 19.5. The van der Waals surface area contributed by atoms with E-state index in [1.165, 1.54) is 70.6 Å². The summed E-state index contributed by atoms with van der Waals surface area (Å²) in [6.07, 6.45) is 18.6. The van der Waals surface area contributed by atoms with Crippen LogP contribution >= 0.6 is 0 Å². The first-order chi connectivity index (χ1) is 12.6. The Kier molecular flexibility index (Phi) is 18.7. The number of aliphatic carboxylic acids is 1. The van der Waals surface area contributed by atoms with Gasteiger partial charge in [-0.25, -0.2) is 0 Å². The second-order valence-electron chi connectivity index (χ2n) is 7.87. The number of hydrogen-bond donors (Lipinski definition) is 3. The molecule has 3 N–H and O–H groups in total. The molecule has 0 aromatic rings. The highest BCUT2D eigenvalue weighted by Gasteiger charge is 2.10. The zero-order valence-corrected chi connectivity index (χ0v) is 17.1. The van der Waals surface area contributed by atoms with E-state index in [-0.39, 0.29) is 12.5 Å². The molecule has 4 nitrogen and oxygen atoms in total. The van der Waals surface area contributed by atoms with Crippen LogP contribution in [0.3, 0.4) is 0 Å². The van der Waals surface area contributed by atoms with E-state index < -0.39 is 12.1 Å². The van der Waals surface area contributed by atoms with Crippen molar-refractivity contribution in [3.63, 3.8) is 0 Å². The minimum absolute atomic E-state index is 0.179. The molecule has 4 heteroatoms. The van der Waals surface area contributed by atoms with Gasteiger partial charge in [0.05, 0.1) is 18.6 Å². The molecule has 0 saturated heterocycles. The predicted octanol–water partition coefficient (Wildman–Crippen LogP) is 5.83. The van der Waals surface area contributed by atoms with Gasteiger partial charge in [-0.3, -0.25) is 4.79 Å². The number of aliphatic hydroxyl groups is 2. The monoisotopic (exact) mass is 372 g/mol. The van der Waals surface area contributed by atoms with E-state index in [9.17, 15) is 15.0 Å². The number of carbonyl (C=O) groups is 1. The van der Waals surface area contributed by atoms with Crippen molar-refractivity contribution in [1.29, 1.82) is 0 Å². The number of carboxylic acid groups (broad SMARTS) is 1. The van der Waals surface area contributed by atoms with E-state index in [1.54, 1.807) is 0 Å². The molecule has 0 saturated carbocycles. The molecule has 0 fully saturated rings. The molecule has 0 aromatic carbocycles. The third kappa shape index (κ3) is 19.7. The van der Waals surface area contributed by atoms with Crippen LogP contribution in [-0.4, -0.2) is 33.5 Å². The summed E-state index contributed by atoms with van der Waals surface area (Å²) in [7, 11) is 0. The summed E-state index contributed by atoms with van der Waals surface area (Å²) >= 11 is 0. The quantitative estimate of drug-likeness (QED) is 0.235. The molecule has 0 radical (unpaired) electrons. The molecule has 26 heavy (non-hydrogen) atoms. The van der Waals surface area contributed by atoms with Gasteiger partial charge in [0.2, 0.25) is 0 Å². The largest absolute Gasteiger partial charge is 0.481 e. The summed E-state index contributed by atoms with van der Waals surface area (Å²) in [6, 6.07) is 0. The molecule has 2 atom stereocenters. The molecule has 0 spiro atoms. The van der Waals surface area contributed by atoms with Gasteiger partial charge in [-0.15, -0.1) is 0 Å². The van der Waals surface area contributed by atoms with Crippen molar-refractivity contribution in [2.75, 3.05) is 0 Å². The van der Waals surface area contributed by atoms with Gasteiger partial charge in [-0.2, -0.15) is 0 Å². The first-order valence-electron chi connectivity index (χ1n) is 11.1. The first kappa shape index (κ1) is 25.4. The molecule has 0 amide bonds. The average Bonchev–Trinajstić information content (AvgIpc) is 2.59. The number of carboxylic acids is 1. The summed E-state index contributed by atoms with van der Waals surface area (Å²) in [6.45, 7) is 2.26. The van der Waals surface area contributed by atoms with Gasteiger partial charge in [-0.1, -0.05) is 96.8 Å². The molecule has 0 aliphatic carbocycles. The molecule has 0 aliphatic heterocycles. The SMILES string of the molecule is CCCCCCCCCCCCCCC(O)CCCCC(O)CC(=O)O. The molecule has 0 aliphatic rings. The van der Waals surface area contributed by atoms with E-state index in [4.69, 9.17) is 5.11 Å². The Bertz CT molecular complexity index is 307. The number of aliphatic hydroxyl groups excluding tert-OH is 2. The maximum atomic E-state index is 10.4. The van der Waals surface area contributed by atoms with E-state index in [2.05, 4.69) is 6.92 Å². The Labute approximate surface area is 161 Å². The summed E-state index contributed by atoms with van der Waals surface area (Å²) in [5.41, 5.74) is 0. The van der Waals surface area contributed by atoms with Crippen molar-refractivity contribution < 1.29 is 20.1 Å². The van der Waals surface area contributed by atoms with Crippen molar-refractivity contribution in [3.8, 4) is 0 Å². The standard InChI is InChI=1S/C22H44O4/c1-2-3-4-5-6-7-8-9-10-11-12-13-16-20(23)17-14-15-18-21(24)19-22(25)26/h20-21,23-24H,2-19H2,1H3,(H,25,26). The fourth-order valence-corrected chi connectivity index (χ4v) is 3.43. The van der Waals surface area contributed by atoms with Crippen LogP contribution in [0.2, 0.25) is 0 Å². The molecule has 156 valence electrons. The van der Waals surface area contributed by atoms with Gasteiger partial charge in [0, 0.05) is 0 Å². The second-order valence-corrected chi connectivity index (χ2v) is 7.87. The van der Waals surface area contributed by atoms with Crippen LogP contribution in [0.5, 0.6) is 0 Å². The first-order valence-corrected chi connectivity index (χ1v) is 11.1. The van der Waals surface area contributed by atoms with Gasteiger partial charge < -0.3 is 15.3 Å².